The smallest absolute Gasteiger partial charge is 0.280 e. The van der Waals surface area contributed by atoms with E-state index in [-0.39, 0.29) is 16.1 Å². The highest BCUT2D eigenvalue weighted by Gasteiger charge is 2.26. The molecule has 2 aromatic rings. The molecule has 1 aliphatic heterocycles. The van der Waals surface area contributed by atoms with Gasteiger partial charge in [-0.1, -0.05) is 12.1 Å². The van der Waals surface area contributed by atoms with Gasteiger partial charge in [-0.3, -0.25) is 15.0 Å². The molecule has 0 unspecified atom stereocenters. The van der Waals surface area contributed by atoms with E-state index in [2.05, 4.69) is 24.1 Å². The van der Waals surface area contributed by atoms with Gasteiger partial charge in [0.25, 0.3) is 5.69 Å². The van der Waals surface area contributed by atoms with Gasteiger partial charge in [0, 0.05) is 31.2 Å². The molecular formula is C17H21N3O3. The summed E-state index contributed by atoms with van der Waals surface area (Å²) in [6.07, 6.45) is 0. The van der Waals surface area contributed by atoms with Crippen LogP contribution in [0.5, 0.6) is 0 Å². The van der Waals surface area contributed by atoms with E-state index in [0.717, 1.165) is 25.4 Å². The standard InChI is InChI=1S/C17H21N3O3/c1-17(2)12-19(10-9-18-17)11-13-7-8-16(23-13)14-5-3-4-6-15(14)20(21)22/h3-8,18H,9-12H2,1-2H3. The van der Waals surface area contributed by atoms with Crippen molar-refractivity contribution in [1.29, 1.82) is 0 Å². The topological polar surface area (TPSA) is 71.5 Å². The van der Waals surface area contributed by atoms with E-state index in [1.807, 2.05) is 12.1 Å². The molecule has 1 aromatic heterocycles. The van der Waals surface area contributed by atoms with Gasteiger partial charge in [0.05, 0.1) is 17.0 Å². The molecule has 23 heavy (non-hydrogen) atoms. The van der Waals surface area contributed by atoms with Gasteiger partial charge >= 0.3 is 0 Å². The van der Waals surface area contributed by atoms with Crippen molar-refractivity contribution in [3.05, 3.63) is 52.3 Å². The molecule has 122 valence electrons. The predicted molar refractivity (Wildman–Crippen MR) is 88.2 cm³/mol. The normalized spacial score (nSPS) is 18.0. The van der Waals surface area contributed by atoms with Crippen molar-refractivity contribution in [1.82, 2.24) is 10.2 Å². The summed E-state index contributed by atoms with van der Waals surface area (Å²) >= 11 is 0. The first-order valence-corrected chi connectivity index (χ1v) is 7.74. The quantitative estimate of drug-likeness (QED) is 0.693. The molecule has 0 atom stereocenters. The fraction of sp³-hybridized carbons (Fsp3) is 0.412. The summed E-state index contributed by atoms with van der Waals surface area (Å²) < 4.78 is 5.86. The van der Waals surface area contributed by atoms with E-state index >= 15 is 0 Å². The highest BCUT2D eigenvalue weighted by atomic mass is 16.6. The molecule has 1 fully saturated rings. The number of furan rings is 1. The van der Waals surface area contributed by atoms with Crippen LogP contribution in [-0.2, 0) is 6.54 Å². The second-order valence-corrected chi connectivity index (χ2v) is 6.56. The SMILES string of the molecule is CC1(C)CN(Cc2ccc(-c3ccccc3[N+](=O)[O-])o2)CCN1. The lowest BCUT2D eigenvalue weighted by Crippen LogP contribution is -2.56. The van der Waals surface area contributed by atoms with E-state index in [1.165, 1.54) is 6.07 Å². The molecule has 0 saturated carbocycles. The number of hydrogen-bond donors (Lipinski definition) is 1. The maximum absolute atomic E-state index is 11.1. The number of piperazine rings is 1. The van der Waals surface area contributed by atoms with Gasteiger partial charge in [0.1, 0.15) is 11.5 Å². The van der Waals surface area contributed by atoms with Crippen LogP contribution in [0.4, 0.5) is 5.69 Å². The largest absolute Gasteiger partial charge is 0.459 e. The van der Waals surface area contributed by atoms with E-state index in [0.29, 0.717) is 17.9 Å². The molecular weight excluding hydrogens is 294 g/mol. The van der Waals surface area contributed by atoms with Gasteiger partial charge in [-0.2, -0.15) is 0 Å². The molecule has 6 heteroatoms. The van der Waals surface area contributed by atoms with E-state index in [1.54, 1.807) is 18.2 Å². The number of rotatable bonds is 4. The fourth-order valence-corrected chi connectivity index (χ4v) is 3.05. The van der Waals surface area contributed by atoms with Crippen LogP contribution in [0.2, 0.25) is 0 Å². The third kappa shape index (κ3) is 3.60. The zero-order valence-electron chi connectivity index (χ0n) is 13.4. The van der Waals surface area contributed by atoms with Crippen LogP contribution < -0.4 is 5.32 Å². The lowest BCUT2D eigenvalue weighted by Gasteiger charge is -2.38. The molecule has 3 rings (SSSR count). The monoisotopic (exact) mass is 315 g/mol. The molecule has 1 aliphatic rings. The van der Waals surface area contributed by atoms with Crippen LogP contribution >= 0.6 is 0 Å². The fourth-order valence-electron chi connectivity index (χ4n) is 3.05. The molecule has 2 heterocycles. The van der Waals surface area contributed by atoms with Gasteiger partial charge in [0.2, 0.25) is 0 Å². The minimum Gasteiger partial charge on any atom is -0.459 e. The minimum absolute atomic E-state index is 0.0664. The average molecular weight is 315 g/mol. The molecule has 0 aliphatic carbocycles. The summed E-state index contributed by atoms with van der Waals surface area (Å²) in [7, 11) is 0. The van der Waals surface area contributed by atoms with Crippen molar-refractivity contribution in [3.63, 3.8) is 0 Å². The number of hydrogen-bond acceptors (Lipinski definition) is 5. The minimum atomic E-state index is -0.379. The Morgan fingerprint density at radius 2 is 2.09 bits per heavy atom. The van der Waals surface area contributed by atoms with E-state index in [9.17, 15) is 10.1 Å². The number of nitrogens with zero attached hydrogens (tertiary/aromatic N) is 2. The van der Waals surface area contributed by atoms with Crippen LogP contribution in [0.25, 0.3) is 11.3 Å². The van der Waals surface area contributed by atoms with Gasteiger partial charge in [-0.25, -0.2) is 0 Å². The van der Waals surface area contributed by atoms with Gasteiger partial charge in [-0.05, 0) is 32.0 Å². The number of nitro groups is 1. The molecule has 0 spiro atoms. The van der Waals surface area contributed by atoms with Gasteiger partial charge in [0.15, 0.2) is 0 Å². The van der Waals surface area contributed by atoms with Crippen molar-refractivity contribution in [2.24, 2.45) is 0 Å². The Labute approximate surface area is 135 Å². The lowest BCUT2D eigenvalue weighted by atomic mass is 10.0. The second kappa shape index (κ2) is 6.14. The summed E-state index contributed by atoms with van der Waals surface area (Å²) in [5.74, 6) is 1.37. The number of benzene rings is 1. The molecule has 0 bridgehead atoms. The molecule has 0 amide bonds. The molecule has 1 aromatic carbocycles. The first kappa shape index (κ1) is 15.7. The lowest BCUT2D eigenvalue weighted by molar-refractivity contribution is -0.384. The van der Waals surface area contributed by atoms with E-state index in [4.69, 9.17) is 4.42 Å². The summed E-state index contributed by atoms with van der Waals surface area (Å²) in [6.45, 7) is 7.93. The van der Waals surface area contributed by atoms with Crippen molar-refractivity contribution in [3.8, 4) is 11.3 Å². The number of nitrogens with one attached hydrogen (secondary N) is 1. The predicted octanol–water partition coefficient (Wildman–Crippen LogP) is 3.04. The van der Waals surface area contributed by atoms with Crippen molar-refractivity contribution >= 4 is 5.69 Å². The third-order valence-electron chi connectivity index (χ3n) is 4.06. The van der Waals surface area contributed by atoms with Gasteiger partial charge in [-0.15, -0.1) is 0 Å². The molecule has 1 N–H and O–H groups in total. The summed E-state index contributed by atoms with van der Waals surface area (Å²) in [6, 6.07) is 10.4. The Kier molecular flexibility index (Phi) is 4.19. The highest BCUT2D eigenvalue weighted by molar-refractivity contribution is 5.69. The van der Waals surface area contributed by atoms with Crippen LogP contribution in [0.1, 0.15) is 19.6 Å². The van der Waals surface area contributed by atoms with Gasteiger partial charge < -0.3 is 9.73 Å². The second-order valence-electron chi connectivity index (χ2n) is 6.56. The van der Waals surface area contributed by atoms with Crippen molar-refractivity contribution in [2.75, 3.05) is 19.6 Å². The zero-order chi connectivity index (χ0) is 16.4. The summed E-state index contributed by atoms with van der Waals surface area (Å²) in [4.78, 5) is 13.1. The number of nitro benzene ring substituents is 1. The molecule has 0 radical (unpaired) electrons. The average Bonchev–Trinajstić information content (AvgIpc) is 2.94. The Hall–Kier alpha value is -2.18. The number of para-hydroxylation sites is 1. The van der Waals surface area contributed by atoms with E-state index < -0.39 is 0 Å². The summed E-state index contributed by atoms with van der Waals surface area (Å²) in [5, 5.41) is 14.6. The Morgan fingerprint density at radius 1 is 1.30 bits per heavy atom. The maximum Gasteiger partial charge on any atom is 0.280 e. The first-order chi connectivity index (χ1) is 10.9. The maximum atomic E-state index is 11.1. The Morgan fingerprint density at radius 3 is 2.83 bits per heavy atom. The summed E-state index contributed by atoms with van der Waals surface area (Å²) in [5.41, 5.74) is 0.674. The van der Waals surface area contributed by atoms with Crippen LogP contribution in [-0.4, -0.2) is 35.0 Å². The van der Waals surface area contributed by atoms with Crippen LogP contribution in [0.3, 0.4) is 0 Å². The zero-order valence-corrected chi connectivity index (χ0v) is 13.4. The Balaban J connectivity index is 1.78. The highest BCUT2D eigenvalue weighted by Crippen LogP contribution is 2.31. The van der Waals surface area contributed by atoms with Crippen LogP contribution in [0, 0.1) is 10.1 Å². The van der Waals surface area contributed by atoms with Crippen LogP contribution in [0.15, 0.2) is 40.8 Å². The Bertz CT molecular complexity index is 709. The third-order valence-corrected chi connectivity index (χ3v) is 4.06. The van der Waals surface area contributed by atoms with Crippen molar-refractivity contribution in [2.45, 2.75) is 25.9 Å². The van der Waals surface area contributed by atoms with Crippen molar-refractivity contribution < 1.29 is 9.34 Å². The molecule has 1 saturated heterocycles. The molecule has 6 nitrogen and oxygen atoms in total. The first-order valence-electron chi connectivity index (χ1n) is 7.74.